The number of aliphatic hydroxyl groups is 1. The molecule has 0 aromatic rings. The lowest BCUT2D eigenvalue weighted by Gasteiger charge is -2.45. The zero-order valence-corrected chi connectivity index (χ0v) is 18.1. The number of piperidine rings is 1. The number of fused-ring (bicyclic) bond motifs is 3. The maximum Gasteiger partial charge on any atom is 0.323 e. The minimum absolute atomic E-state index is 0.000638. The molecule has 6 atom stereocenters. The minimum atomic E-state index is -1.83. The smallest absolute Gasteiger partial charge is 0.323 e. The van der Waals surface area contributed by atoms with Gasteiger partial charge in [0.1, 0.15) is 6.04 Å². The molecule has 2 bridgehead atoms. The first-order chi connectivity index (χ1) is 13.8. The Bertz CT molecular complexity index is 584. The third-order valence-electron chi connectivity index (χ3n) is 6.85. The number of ether oxygens (including phenoxy) is 3. The summed E-state index contributed by atoms with van der Waals surface area (Å²) in [7, 11) is 1.66. The number of carbonyl (C=O) groups excluding carboxylic acids is 2. The molecule has 7 heteroatoms. The monoisotopic (exact) mass is 411 g/mol. The first kappa shape index (κ1) is 22.7. The summed E-state index contributed by atoms with van der Waals surface area (Å²) in [5.74, 6) is -2.82. The molecule has 7 nitrogen and oxygen atoms in total. The van der Waals surface area contributed by atoms with E-state index in [-0.39, 0.29) is 42.5 Å². The molecule has 3 saturated heterocycles. The zero-order chi connectivity index (χ0) is 21.0. The maximum absolute atomic E-state index is 13.2. The van der Waals surface area contributed by atoms with Crippen LogP contribution in [0.3, 0.4) is 0 Å². The summed E-state index contributed by atoms with van der Waals surface area (Å²) in [5.41, 5.74) is 0. The van der Waals surface area contributed by atoms with Crippen LogP contribution in [0.2, 0.25) is 0 Å². The highest BCUT2D eigenvalue weighted by atomic mass is 16.7. The molecular formula is C22H37NO6. The van der Waals surface area contributed by atoms with Gasteiger partial charge in [-0.15, -0.1) is 0 Å². The Morgan fingerprint density at radius 3 is 2.55 bits per heavy atom. The molecule has 3 aliphatic rings. The largest absolute Gasteiger partial charge is 0.462 e. The molecule has 3 rings (SSSR count). The molecule has 0 aromatic heterocycles. The predicted octanol–water partition coefficient (Wildman–Crippen LogP) is 2.43. The zero-order valence-electron chi connectivity index (χ0n) is 18.1. The van der Waals surface area contributed by atoms with E-state index in [0.717, 1.165) is 44.9 Å². The average Bonchev–Trinajstić information content (AvgIpc) is 2.69. The van der Waals surface area contributed by atoms with E-state index < -0.39 is 11.8 Å². The van der Waals surface area contributed by atoms with E-state index in [2.05, 4.69) is 0 Å². The fourth-order valence-electron chi connectivity index (χ4n) is 4.95. The van der Waals surface area contributed by atoms with E-state index >= 15 is 0 Å². The van der Waals surface area contributed by atoms with Crippen molar-refractivity contribution in [3.8, 4) is 0 Å². The van der Waals surface area contributed by atoms with E-state index in [1.807, 2.05) is 18.7 Å². The van der Waals surface area contributed by atoms with Crippen molar-refractivity contribution < 1.29 is 28.9 Å². The molecule has 3 aliphatic heterocycles. The van der Waals surface area contributed by atoms with E-state index in [1.54, 1.807) is 7.11 Å². The highest BCUT2D eigenvalue weighted by molar-refractivity contribution is 5.88. The first-order valence-electron chi connectivity index (χ1n) is 11.3. The van der Waals surface area contributed by atoms with Crippen molar-refractivity contribution in [2.75, 3.05) is 20.2 Å². The summed E-state index contributed by atoms with van der Waals surface area (Å²) in [6.07, 6.45) is 7.00. The van der Waals surface area contributed by atoms with E-state index in [1.165, 1.54) is 0 Å². The van der Waals surface area contributed by atoms with E-state index in [4.69, 9.17) is 14.2 Å². The normalized spacial score (nSPS) is 41.0. The second-order valence-corrected chi connectivity index (χ2v) is 9.05. The number of ketones is 1. The van der Waals surface area contributed by atoms with Gasteiger partial charge in [0, 0.05) is 13.0 Å². The van der Waals surface area contributed by atoms with Gasteiger partial charge >= 0.3 is 5.97 Å². The van der Waals surface area contributed by atoms with Crippen LogP contribution in [0.25, 0.3) is 0 Å². The first-order valence-corrected chi connectivity index (χ1v) is 11.3. The van der Waals surface area contributed by atoms with Gasteiger partial charge in [0.2, 0.25) is 11.6 Å². The minimum Gasteiger partial charge on any atom is -0.462 e. The van der Waals surface area contributed by atoms with Crippen LogP contribution in [0.5, 0.6) is 0 Å². The van der Waals surface area contributed by atoms with E-state index in [0.29, 0.717) is 19.4 Å². The van der Waals surface area contributed by atoms with Gasteiger partial charge in [-0.2, -0.15) is 0 Å². The van der Waals surface area contributed by atoms with Crippen molar-refractivity contribution in [2.45, 2.75) is 102 Å². The molecule has 0 spiro atoms. The van der Waals surface area contributed by atoms with Crippen LogP contribution in [-0.2, 0) is 23.8 Å². The lowest BCUT2D eigenvalue weighted by Crippen LogP contribution is -2.60. The Morgan fingerprint density at radius 1 is 1.07 bits per heavy atom. The van der Waals surface area contributed by atoms with Gasteiger partial charge in [0.05, 0.1) is 24.9 Å². The number of cyclic esters (lactones) is 1. The molecule has 0 aromatic carbocycles. The quantitative estimate of drug-likeness (QED) is 0.663. The van der Waals surface area contributed by atoms with E-state index in [9.17, 15) is 14.7 Å². The SMILES string of the molecule is CO[C@H]1C[C@@H](C)[C@@]2(O)O[C@@H]1CCCCC[C@@H](C)OC(=O)[C@@H]1CCCCN1CC2=O. The molecule has 3 heterocycles. The number of Topliss-reactive ketones (excluding diaryl/α,β-unsaturated/α-hetero) is 1. The summed E-state index contributed by atoms with van der Waals surface area (Å²) in [6, 6.07) is -0.426. The van der Waals surface area contributed by atoms with Crippen molar-refractivity contribution in [2.24, 2.45) is 5.92 Å². The third kappa shape index (κ3) is 5.19. The number of carbonyl (C=O) groups is 2. The van der Waals surface area contributed by atoms with Crippen LogP contribution >= 0.6 is 0 Å². The number of hydrogen-bond acceptors (Lipinski definition) is 7. The van der Waals surface area contributed by atoms with Crippen LogP contribution < -0.4 is 0 Å². The van der Waals surface area contributed by atoms with Crippen LogP contribution in [0.4, 0.5) is 0 Å². The van der Waals surface area contributed by atoms with Gasteiger partial charge in [0.15, 0.2) is 0 Å². The van der Waals surface area contributed by atoms with Gasteiger partial charge in [-0.3, -0.25) is 14.5 Å². The van der Waals surface area contributed by atoms with Gasteiger partial charge < -0.3 is 19.3 Å². The Balaban J connectivity index is 1.83. The summed E-state index contributed by atoms with van der Waals surface area (Å²) >= 11 is 0. The van der Waals surface area contributed by atoms with Crippen LogP contribution in [0.15, 0.2) is 0 Å². The van der Waals surface area contributed by atoms with Crippen molar-refractivity contribution in [1.29, 1.82) is 0 Å². The van der Waals surface area contributed by atoms with Gasteiger partial charge in [-0.1, -0.05) is 26.2 Å². The van der Waals surface area contributed by atoms with Crippen LogP contribution in [0, 0.1) is 5.92 Å². The van der Waals surface area contributed by atoms with Crippen LogP contribution in [0.1, 0.15) is 71.6 Å². The molecule has 1 N–H and O–H groups in total. The van der Waals surface area contributed by atoms with Crippen molar-refractivity contribution >= 4 is 11.8 Å². The molecule has 0 amide bonds. The lowest BCUT2D eigenvalue weighted by molar-refractivity contribution is -0.288. The fourth-order valence-corrected chi connectivity index (χ4v) is 4.95. The topological polar surface area (TPSA) is 85.3 Å². The Morgan fingerprint density at radius 2 is 1.79 bits per heavy atom. The Hall–Kier alpha value is -1.02. The van der Waals surface area contributed by atoms with Gasteiger partial charge in [0.25, 0.3) is 0 Å². The number of nitrogens with zero attached hydrogens (tertiary/aromatic N) is 1. The number of hydrogen-bond donors (Lipinski definition) is 1. The van der Waals surface area contributed by atoms with Crippen molar-refractivity contribution in [3.63, 3.8) is 0 Å². The molecule has 3 fully saturated rings. The molecule has 0 unspecified atom stereocenters. The van der Waals surface area contributed by atoms with Gasteiger partial charge in [-0.25, -0.2) is 0 Å². The Kier molecular flexibility index (Phi) is 7.70. The summed E-state index contributed by atoms with van der Waals surface area (Å²) in [5, 5.41) is 11.2. The van der Waals surface area contributed by atoms with Gasteiger partial charge in [-0.05, 0) is 52.0 Å². The fraction of sp³-hybridized carbons (Fsp3) is 0.909. The molecule has 166 valence electrons. The number of methoxy groups -OCH3 is 1. The average molecular weight is 412 g/mol. The highest BCUT2D eigenvalue weighted by Gasteiger charge is 2.51. The molecule has 0 radical (unpaired) electrons. The molecule has 29 heavy (non-hydrogen) atoms. The lowest BCUT2D eigenvalue weighted by atomic mass is 9.84. The second-order valence-electron chi connectivity index (χ2n) is 9.05. The number of rotatable bonds is 1. The van der Waals surface area contributed by atoms with Crippen molar-refractivity contribution in [3.05, 3.63) is 0 Å². The standard InChI is InChI=1S/C22H37NO6/c1-15-13-19(27-3)18-11-6-4-5-9-16(2)28-21(25)17-10-7-8-12-23(17)14-20(24)22(15,26)29-18/h15-19,26H,4-14H2,1-3H3/t15-,16-,17+,18-,19+,22-/m1/s1. The predicted molar refractivity (Wildman–Crippen MR) is 107 cm³/mol. The second kappa shape index (κ2) is 9.86. The van der Waals surface area contributed by atoms with Crippen LogP contribution in [-0.4, -0.2) is 72.1 Å². The molecular weight excluding hydrogens is 374 g/mol. The molecule has 0 saturated carbocycles. The summed E-state index contributed by atoms with van der Waals surface area (Å²) in [4.78, 5) is 27.8. The summed E-state index contributed by atoms with van der Waals surface area (Å²) in [6.45, 7) is 4.42. The summed E-state index contributed by atoms with van der Waals surface area (Å²) < 4.78 is 17.3. The molecule has 0 aliphatic carbocycles. The highest BCUT2D eigenvalue weighted by Crippen LogP contribution is 2.37. The maximum atomic E-state index is 13.2. The van der Waals surface area contributed by atoms with Crippen molar-refractivity contribution in [1.82, 2.24) is 4.90 Å². The Labute approximate surface area is 174 Å². The number of esters is 1. The third-order valence-corrected chi connectivity index (χ3v) is 6.85.